The van der Waals surface area contributed by atoms with Crippen LogP contribution in [0.3, 0.4) is 0 Å². The van der Waals surface area contributed by atoms with Gasteiger partial charge >= 0.3 is 0 Å². The van der Waals surface area contributed by atoms with Crippen molar-refractivity contribution < 1.29 is 4.79 Å². The first-order chi connectivity index (χ1) is 10.5. The first-order valence-corrected chi connectivity index (χ1v) is 8.33. The molecule has 2 aliphatic rings. The Morgan fingerprint density at radius 1 is 1.36 bits per heavy atom. The van der Waals surface area contributed by atoms with Gasteiger partial charge in [0.05, 0.1) is 5.57 Å². The van der Waals surface area contributed by atoms with Crippen LogP contribution in [0, 0.1) is 11.3 Å². The third-order valence-electron chi connectivity index (χ3n) is 3.17. The SMILES string of the molecule is CC(C)C1=NN2C(=N)C(=Cc3ccccc3Br)C(=O)N=C2S1. The van der Waals surface area contributed by atoms with Crippen molar-refractivity contribution in [3.63, 3.8) is 0 Å². The lowest BCUT2D eigenvalue weighted by molar-refractivity contribution is -0.114. The Hall–Kier alpha value is -1.73. The summed E-state index contributed by atoms with van der Waals surface area (Å²) in [5.41, 5.74) is 1.07. The molecule has 0 aromatic heterocycles. The average Bonchev–Trinajstić information content (AvgIpc) is 2.89. The lowest BCUT2D eigenvalue weighted by Crippen LogP contribution is -2.35. The Morgan fingerprint density at radius 3 is 2.77 bits per heavy atom. The number of thioether (sulfide) groups is 1. The molecule has 0 aliphatic carbocycles. The number of amidine groups is 2. The zero-order chi connectivity index (χ0) is 15.9. The molecule has 0 saturated heterocycles. The average molecular weight is 377 g/mol. The first-order valence-electron chi connectivity index (χ1n) is 6.72. The van der Waals surface area contributed by atoms with E-state index in [1.807, 2.05) is 38.1 Å². The molecule has 1 aromatic carbocycles. The number of hydrogen-bond acceptors (Lipinski definition) is 4. The Bertz CT molecular complexity index is 767. The standard InChI is InChI=1S/C15H13BrN4OS/c1-8(2)14-19-20-12(17)10(13(21)18-15(20)22-14)7-9-5-3-4-6-11(9)16/h3-8,17H,1-2H3. The molecule has 1 aromatic rings. The van der Waals surface area contributed by atoms with Gasteiger partial charge in [0.1, 0.15) is 5.04 Å². The normalized spacial score (nSPS) is 19.6. The van der Waals surface area contributed by atoms with Crippen molar-refractivity contribution in [3.05, 3.63) is 39.9 Å². The van der Waals surface area contributed by atoms with Gasteiger partial charge in [-0.25, -0.2) is 0 Å². The van der Waals surface area contributed by atoms with Gasteiger partial charge in [0.15, 0.2) is 5.84 Å². The fraction of sp³-hybridized carbons (Fsp3) is 0.200. The summed E-state index contributed by atoms with van der Waals surface area (Å²) in [4.78, 5) is 16.3. The molecule has 3 rings (SSSR count). The first kappa shape index (κ1) is 15.2. The highest BCUT2D eigenvalue weighted by molar-refractivity contribution is 9.10. The number of fused-ring (bicyclic) bond motifs is 1. The van der Waals surface area contributed by atoms with E-state index < -0.39 is 5.91 Å². The van der Waals surface area contributed by atoms with Crippen LogP contribution in [-0.4, -0.2) is 27.0 Å². The van der Waals surface area contributed by atoms with Crippen LogP contribution in [0.25, 0.3) is 6.08 Å². The Morgan fingerprint density at radius 2 is 2.09 bits per heavy atom. The summed E-state index contributed by atoms with van der Waals surface area (Å²) in [7, 11) is 0. The molecule has 0 atom stereocenters. The number of benzene rings is 1. The maximum Gasteiger partial charge on any atom is 0.283 e. The molecule has 112 valence electrons. The van der Waals surface area contributed by atoms with Crippen LogP contribution in [0.2, 0.25) is 0 Å². The maximum absolute atomic E-state index is 12.2. The second-order valence-electron chi connectivity index (χ2n) is 5.13. The van der Waals surface area contributed by atoms with Gasteiger partial charge in [-0.05, 0) is 29.5 Å². The van der Waals surface area contributed by atoms with Crippen LogP contribution in [0.4, 0.5) is 0 Å². The van der Waals surface area contributed by atoms with Gasteiger partial charge in [0.2, 0.25) is 5.17 Å². The van der Waals surface area contributed by atoms with Crippen molar-refractivity contribution in [2.75, 3.05) is 0 Å². The van der Waals surface area contributed by atoms with Crippen LogP contribution in [0.1, 0.15) is 19.4 Å². The van der Waals surface area contributed by atoms with Crippen LogP contribution in [0.15, 0.2) is 44.4 Å². The minimum absolute atomic E-state index is 0.0638. The number of carbonyl (C=O) groups is 1. The van der Waals surface area contributed by atoms with Crippen molar-refractivity contribution in [2.45, 2.75) is 13.8 Å². The van der Waals surface area contributed by atoms with E-state index in [9.17, 15) is 4.79 Å². The number of aliphatic imine (C=N–C) groups is 1. The Labute approximate surface area is 140 Å². The number of nitrogens with zero attached hydrogens (tertiary/aromatic N) is 3. The zero-order valence-electron chi connectivity index (χ0n) is 12.0. The van der Waals surface area contributed by atoms with Gasteiger partial charge in [-0.3, -0.25) is 10.2 Å². The van der Waals surface area contributed by atoms with E-state index in [2.05, 4.69) is 26.0 Å². The molecule has 0 bridgehead atoms. The quantitative estimate of drug-likeness (QED) is 0.799. The van der Waals surface area contributed by atoms with Gasteiger partial charge in [-0.15, -0.1) is 0 Å². The molecule has 5 nitrogen and oxygen atoms in total. The topological polar surface area (TPSA) is 68.9 Å². The fourth-order valence-electron chi connectivity index (χ4n) is 1.99. The van der Waals surface area contributed by atoms with Gasteiger partial charge in [-0.2, -0.15) is 15.1 Å². The van der Waals surface area contributed by atoms with Crippen LogP contribution in [0.5, 0.6) is 0 Å². The smallest absolute Gasteiger partial charge is 0.282 e. The Balaban J connectivity index is 2.01. The summed E-state index contributed by atoms with van der Waals surface area (Å²) >= 11 is 4.79. The number of hydrazone groups is 1. The third kappa shape index (κ3) is 2.66. The number of hydrogen-bond donors (Lipinski definition) is 1. The second kappa shape index (κ2) is 5.81. The van der Waals surface area contributed by atoms with Crippen molar-refractivity contribution in [2.24, 2.45) is 16.0 Å². The Kier molecular flexibility index (Phi) is 4.01. The summed E-state index contributed by atoms with van der Waals surface area (Å²) in [6.45, 7) is 4.04. The highest BCUT2D eigenvalue weighted by atomic mass is 79.9. The molecule has 0 radical (unpaired) electrons. The molecule has 0 unspecified atom stereocenters. The summed E-state index contributed by atoms with van der Waals surface area (Å²) < 4.78 is 0.861. The molecule has 1 N–H and O–H groups in total. The third-order valence-corrected chi connectivity index (χ3v) is 5.10. The zero-order valence-corrected chi connectivity index (χ0v) is 14.4. The molecule has 0 fully saturated rings. The molecule has 2 heterocycles. The molecule has 1 amide bonds. The number of halogens is 1. The monoisotopic (exact) mass is 376 g/mol. The van der Waals surface area contributed by atoms with Crippen molar-refractivity contribution in [1.29, 1.82) is 5.41 Å². The van der Waals surface area contributed by atoms with E-state index in [0.29, 0.717) is 5.17 Å². The minimum atomic E-state index is -0.403. The molecule has 22 heavy (non-hydrogen) atoms. The van der Waals surface area contributed by atoms with E-state index in [4.69, 9.17) is 5.41 Å². The van der Waals surface area contributed by atoms with Gasteiger partial charge in [0, 0.05) is 10.4 Å². The minimum Gasteiger partial charge on any atom is -0.282 e. The summed E-state index contributed by atoms with van der Waals surface area (Å²) in [5, 5.41) is 15.4. The lowest BCUT2D eigenvalue weighted by Gasteiger charge is -2.20. The molecule has 2 aliphatic heterocycles. The van der Waals surface area contributed by atoms with E-state index >= 15 is 0 Å². The molecular weight excluding hydrogens is 364 g/mol. The number of amides is 1. The molecular formula is C15H13BrN4OS. The second-order valence-corrected chi connectivity index (χ2v) is 6.98. The summed E-state index contributed by atoms with van der Waals surface area (Å²) in [6, 6.07) is 7.54. The van der Waals surface area contributed by atoms with Gasteiger partial charge < -0.3 is 0 Å². The molecule has 0 saturated carbocycles. The van der Waals surface area contributed by atoms with Crippen molar-refractivity contribution in [3.8, 4) is 0 Å². The van der Waals surface area contributed by atoms with Crippen molar-refractivity contribution >= 4 is 55.7 Å². The molecule has 7 heteroatoms. The van der Waals surface area contributed by atoms with Crippen LogP contribution in [-0.2, 0) is 4.79 Å². The maximum atomic E-state index is 12.2. The summed E-state index contributed by atoms with van der Waals surface area (Å²) in [5.74, 6) is -0.106. The van der Waals surface area contributed by atoms with Crippen molar-refractivity contribution in [1.82, 2.24) is 5.01 Å². The summed E-state index contributed by atoms with van der Waals surface area (Å²) in [6.07, 6.45) is 1.67. The van der Waals surface area contributed by atoms with E-state index in [-0.39, 0.29) is 17.3 Å². The highest BCUT2D eigenvalue weighted by Gasteiger charge is 2.36. The largest absolute Gasteiger partial charge is 0.283 e. The predicted octanol–water partition coefficient (Wildman–Crippen LogP) is 3.72. The van der Waals surface area contributed by atoms with E-state index in [0.717, 1.165) is 15.1 Å². The predicted molar refractivity (Wildman–Crippen MR) is 94.0 cm³/mol. The van der Waals surface area contributed by atoms with Crippen LogP contribution >= 0.6 is 27.7 Å². The number of nitrogens with one attached hydrogen (secondary N) is 1. The van der Waals surface area contributed by atoms with Crippen LogP contribution < -0.4 is 0 Å². The van der Waals surface area contributed by atoms with Gasteiger partial charge in [-0.1, -0.05) is 48.0 Å². The lowest BCUT2D eigenvalue weighted by atomic mass is 10.1. The fourth-order valence-corrected chi connectivity index (χ4v) is 3.28. The number of carbonyl (C=O) groups excluding carboxylic acids is 1. The highest BCUT2D eigenvalue weighted by Crippen LogP contribution is 2.31. The van der Waals surface area contributed by atoms with Gasteiger partial charge in [0.25, 0.3) is 5.91 Å². The molecule has 0 spiro atoms. The van der Waals surface area contributed by atoms with E-state index in [1.54, 1.807) is 6.08 Å². The van der Waals surface area contributed by atoms with E-state index in [1.165, 1.54) is 16.8 Å². The number of rotatable bonds is 2.